The number of nitrogens with one attached hydrogen (secondary N) is 3. The molecule has 0 saturated heterocycles. The molecule has 1 atom stereocenters. The largest absolute Gasteiger partial charge is 0.351 e. The number of allylic oxidation sites excluding steroid dienone is 1. The zero-order valence-corrected chi connectivity index (χ0v) is 15.9. The molecule has 2 aromatic carbocycles. The zero-order valence-electron chi connectivity index (χ0n) is 13.6. The first-order valence-corrected chi connectivity index (χ1v) is 8.82. The van der Waals surface area contributed by atoms with Gasteiger partial charge in [-0.25, -0.2) is 4.39 Å². The highest BCUT2D eigenvalue weighted by Gasteiger charge is 2.31. The van der Waals surface area contributed by atoms with Crippen molar-refractivity contribution in [2.24, 2.45) is 0 Å². The molecular formula is C18H14Cl2FN3OS. The number of anilines is 1. The molecule has 0 aliphatic carbocycles. The third-order valence-electron chi connectivity index (χ3n) is 3.91. The molecule has 0 saturated carbocycles. The fraction of sp³-hybridized carbons (Fsp3) is 0.111. The van der Waals surface area contributed by atoms with E-state index in [0.29, 0.717) is 32.0 Å². The smallest absolute Gasteiger partial charge is 0.255 e. The summed E-state index contributed by atoms with van der Waals surface area (Å²) in [5.41, 5.74) is 1.63. The molecule has 0 aromatic heterocycles. The van der Waals surface area contributed by atoms with Gasteiger partial charge in [0.05, 0.1) is 17.3 Å². The SMILES string of the molecule is CC1=C(C(=O)Nc2ccccc2F)C(c2ccc(Cl)cc2Cl)NC(=S)N1. The highest BCUT2D eigenvalue weighted by molar-refractivity contribution is 7.80. The summed E-state index contributed by atoms with van der Waals surface area (Å²) in [5, 5.41) is 9.78. The van der Waals surface area contributed by atoms with Gasteiger partial charge in [0.2, 0.25) is 0 Å². The topological polar surface area (TPSA) is 53.2 Å². The number of rotatable bonds is 3. The fourth-order valence-electron chi connectivity index (χ4n) is 2.72. The van der Waals surface area contributed by atoms with Gasteiger partial charge in [0, 0.05) is 15.7 Å². The normalized spacial score (nSPS) is 16.8. The molecule has 0 radical (unpaired) electrons. The molecule has 1 aliphatic heterocycles. The second-order valence-corrected chi connectivity index (χ2v) is 6.92. The summed E-state index contributed by atoms with van der Waals surface area (Å²) in [6, 6.07) is 10.3. The molecule has 1 heterocycles. The quantitative estimate of drug-likeness (QED) is 0.650. The van der Waals surface area contributed by atoms with Crippen LogP contribution in [0.15, 0.2) is 53.7 Å². The maximum atomic E-state index is 13.9. The Hall–Kier alpha value is -2.15. The molecule has 8 heteroatoms. The number of halogens is 3. The Balaban J connectivity index is 2.00. The van der Waals surface area contributed by atoms with Crippen LogP contribution < -0.4 is 16.0 Å². The van der Waals surface area contributed by atoms with Crippen LogP contribution in [0.5, 0.6) is 0 Å². The predicted octanol–water partition coefficient (Wildman–Crippen LogP) is 4.56. The number of hydrogen-bond acceptors (Lipinski definition) is 2. The number of carbonyl (C=O) groups excluding carboxylic acids is 1. The van der Waals surface area contributed by atoms with Gasteiger partial charge in [0.15, 0.2) is 5.11 Å². The maximum Gasteiger partial charge on any atom is 0.255 e. The average molecular weight is 410 g/mol. The van der Waals surface area contributed by atoms with Gasteiger partial charge in [0.1, 0.15) is 5.82 Å². The van der Waals surface area contributed by atoms with Crippen molar-refractivity contribution in [3.63, 3.8) is 0 Å². The Labute approximate surface area is 165 Å². The summed E-state index contributed by atoms with van der Waals surface area (Å²) in [4.78, 5) is 12.9. The van der Waals surface area contributed by atoms with Gasteiger partial charge >= 0.3 is 0 Å². The van der Waals surface area contributed by atoms with Crippen molar-refractivity contribution in [2.75, 3.05) is 5.32 Å². The molecule has 3 N–H and O–H groups in total. The van der Waals surface area contributed by atoms with Gasteiger partial charge in [-0.05, 0) is 49.0 Å². The summed E-state index contributed by atoms with van der Waals surface area (Å²) >= 11 is 17.5. The van der Waals surface area contributed by atoms with E-state index in [9.17, 15) is 9.18 Å². The standard InChI is InChI=1S/C18H14Cl2FN3OS/c1-9-15(17(25)23-14-5-3-2-4-13(14)21)16(24-18(26)22-9)11-7-6-10(19)8-12(11)20/h2-8,16H,1H3,(H,23,25)(H2,22,24,26). The summed E-state index contributed by atoms with van der Waals surface area (Å²) < 4.78 is 13.9. The molecule has 1 aliphatic rings. The Morgan fingerprint density at radius 2 is 1.96 bits per heavy atom. The van der Waals surface area contributed by atoms with E-state index >= 15 is 0 Å². The second kappa shape index (κ2) is 7.61. The summed E-state index contributed by atoms with van der Waals surface area (Å²) in [6.07, 6.45) is 0. The lowest BCUT2D eigenvalue weighted by molar-refractivity contribution is -0.113. The third kappa shape index (κ3) is 3.82. The summed E-state index contributed by atoms with van der Waals surface area (Å²) in [6.45, 7) is 1.72. The summed E-state index contributed by atoms with van der Waals surface area (Å²) in [5.74, 6) is -0.987. The minimum atomic E-state index is -0.597. The van der Waals surface area contributed by atoms with E-state index in [1.807, 2.05) is 0 Å². The molecule has 0 bridgehead atoms. The van der Waals surface area contributed by atoms with Crippen LogP contribution in [-0.4, -0.2) is 11.0 Å². The molecule has 4 nitrogen and oxygen atoms in total. The lowest BCUT2D eigenvalue weighted by Crippen LogP contribution is -2.45. The molecule has 1 unspecified atom stereocenters. The minimum absolute atomic E-state index is 0.0897. The number of benzene rings is 2. The molecule has 0 fully saturated rings. The first kappa shape index (κ1) is 18.6. The molecule has 2 aromatic rings. The lowest BCUT2D eigenvalue weighted by atomic mass is 9.95. The van der Waals surface area contributed by atoms with Gasteiger partial charge in [-0.15, -0.1) is 0 Å². The first-order chi connectivity index (χ1) is 12.4. The van der Waals surface area contributed by atoms with Crippen LogP contribution in [0.4, 0.5) is 10.1 Å². The zero-order chi connectivity index (χ0) is 18.8. The highest BCUT2D eigenvalue weighted by atomic mass is 35.5. The number of amides is 1. The molecule has 3 rings (SSSR count). The van der Waals surface area contributed by atoms with E-state index in [-0.39, 0.29) is 5.69 Å². The van der Waals surface area contributed by atoms with E-state index in [1.165, 1.54) is 12.1 Å². The van der Waals surface area contributed by atoms with Gasteiger partial charge in [-0.2, -0.15) is 0 Å². The van der Waals surface area contributed by atoms with Crippen molar-refractivity contribution >= 4 is 52.1 Å². The predicted molar refractivity (Wildman–Crippen MR) is 106 cm³/mol. The number of thiocarbonyl (C=S) groups is 1. The van der Waals surface area contributed by atoms with Crippen molar-refractivity contribution in [2.45, 2.75) is 13.0 Å². The summed E-state index contributed by atoms with van der Waals surface area (Å²) in [7, 11) is 0. The van der Waals surface area contributed by atoms with Gasteiger partial charge in [0.25, 0.3) is 5.91 Å². The van der Waals surface area contributed by atoms with E-state index in [1.54, 1.807) is 37.3 Å². The van der Waals surface area contributed by atoms with Crippen molar-refractivity contribution in [1.29, 1.82) is 0 Å². The monoisotopic (exact) mass is 409 g/mol. The van der Waals surface area contributed by atoms with E-state index in [0.717, 1.165) is 0 Å². The van der Waals surface area contributed by atoms with Crippen LogP contribution in [0, 0.1) is 5.82 Å². The van der Waals surface area contributed by atoms with E-state index < -0.39 is 17.8 Å². The highest BCUT2D eigenvalue weighted by Crippen LogP contribution is 2.33. The van der Waals surface area contributed by atoms with Gasteiger partial charge in [-0.1, -0.05) is 41.4 Å². The Morgan fingerprint density at radius 3 is 2.65 bits per heavy atom. The number of carbonyl (C=O) groups is 1. The molecule has 134 valence electrons. The fourth-order valence-corrected chi connectivity index (χ4v) is 3.50. The van der Waals surface area contributed by atoms with E-state index in [2.05, 4.69) is 16.0 Å². The first-order valence-electron chi connectivity index (χ1n) is 7.66. The Morgan fingerprint density at radius 1 is 1.23 bits per heavy atom. The van der Waals surface area contributed by atoms with Crippen LogP contribution in [0.2, 0.25) is 10.0 Å². The Bertz CT molecular complexity index is 932. The maximum absolute atomic E-state index is 13.9. The lowest BCUT2D eigenvalue weighted by Gasteiger charge is -2.31. The van der Waals surface area contributed by atoms with Crippen LogP contribution in [-0.2, 0) is 4.79 Å². The van der Waals surface area contributed by atoms with E-state index in [4.69, 9.17) is 35.4 Å². The number of para-hydroxylation sites is 1. The minimum Gasteiger partial charge on any atom is -0.351 e. The Kier molecular flexibility index (Phi) is 5.46. The van der Waals surface area contributed by atoms with Gasteiger partial charge in [-0.3, -0.25) is 4.79 Å². The van der Waals surface area contributed by atoms with Gasteiger partial charge < -0.3 is 16.0 Å². The second-order valence-electron chi connectivity index (χ2n) is 5.67. The molecular weight excluding hydrogens is 396 g/mol. The molecule has 26 heavy (non-hydrogen) atoms. The van der Waals surface area contributed by atoms with Crippen LogP contribution >= 0.6 is 35.4 Å². The van der Waals surface area contributed by atoms with Crippen molar-refractivity contribution in [3.05, 3.63) is 75.2 Å². The van der Waals surface area contributed by atoms with Crippen LogP contribution in [0.1, 0.15) is 18.5 Å². The average Bonchev–Trinajstić information content (AvgIpc) is 2.56. The molecule has 1 amide bonds. The van der Waals surface area contributed by atoms with Crippen molar-refractivity contribution in [3.8, 4) is 0 Å². The van der Waals surface area contributed by atoms with Crippen molar-refractivity contribution < 1.29 is 9.18 Å². The third-order valence-corrected chi connectivity index (χ3v) is 4.69. The van der Waals surface area contributed by atoms with Crippen LogP contribution in [0.25, 0.3) is 0 Å². The number of hydrogen-bond donors (Lipinski definition) is 3. The van der Waals surface area contributed by atoms with Crippen molar-refractivity contribution in [1.82, 2.24) is 10.6 Å². The molecule has 0 spiro atoms. The van der Waals surface area contributed by atoms with Crippen LogP contribution in [0.3, 0.4) is 0 Å².